The summed E-state index contributed by atoms with van der Waals surface area (Å²) >= 11 is 1.30. The van der Waals surface area contributed by atoms with Crippen LogP contribution in [-0.2, 0) is 16.0 Å². The van der Waals surface area contributed by atoms with E-state index in [4.69, 9.17) is 4.74 Å². The summed E-state index contributed by atoms with van der Waals surface area (Å²) in [5.41, 5.74) is 6.43. The molecular formula is C14H15N3O3S. The van der Waals surface area contributed by atoms with Crippen molar-refractivity contribution in [3.8, 4) is 0 Å². The van der Waals surface area contributed by atoms with Gasteiger partial charge in [0.15, 0.2) is 0 Å². The van der Waals surface area contributed by atoms with Crippen molar-refractivity contribution in [3.63, 3.8) is 0 Å². The Balaban J connectivity index is 1.85. The molecule has 21 heavy (non-hydrogen) atoms. The third-order valence-electron chi connectivity index (χ3n) is 2.50. The van der Waals surface area contributed by atoms with Crippen LogP contribution in [0.1, 0.15) is 23.0 Å². The lowest BCUT2D eigenvalue weighted by Gasteiger charge is -2.05. The number of carbonyl (C=O) groups excluding carboxylic acids is 2. The molecule has 0 unspecified atom stereocenters. The van der Waals surface area contributed by atoms with Gasteiger partial charge < -0.3 is 4.74 Å². The van der Waals surface area contributed by atoms with Crippen LogP contribution in [0.2, 0.25) is 0 Å². The monoisotopic (exact) mass is 305 g/mol. The molecule has 0 aliphatic carbocycles. The first kappa shape index (κ1) is 15.0. The van der Waals surface area contributed by atoms with E-state index in [1.54, 1.807) is 36.6 Å². The molecule has 0 bridgehead atoms. The Labute approximate surface area is 126 Å². The molecule has 0 aliphatic rings. The zero-order valence-electron chi connectivity index (χ0n) is 11.5. The Morgan fingerprint density at radius 1 is 1.29 bits per heavy atom. The summed E-state index contributed by atoms with van der Waals surface area (Å²) in [5, 5.41) is 2.26. The second-order valence-corrected chi connectivity index (χ2v) is 4.93. The van der Waals surface area contributed by atoms with Crippen LogP contribution in [0, 0.1) is 0 Å². The van der Waals surface area contributed by atoms with Gasteiger partial charge in [0.05, 0.1) is 18.7 Å². The molecule has 2 N–H and O–H groups in total. The molecule has 0 saturated heterocycles. The lowest BCUT2D eigenvalue weighted by atomic mass is 10.2. The fourth-order valence-electron chi connectivity index (χ4n) is 1.58. The number of esters is 1. The van der Waals surface area contributed by atoms with Gasteiger partial charge in [-0.15, -0.1) is 11.3 Å². The standard InChI is InChI=1S/C14H15N3O3S/c1-2-20-12(18)8-11-9-21-14(15-11)17-16-13(19)10-6-4-3-5-7-10/h3-7,9H,2,8H2,1H3,(H,15,17)(H,16,19). The minimum Gasteiger partial charge on any atom is -0.466 e. The molecule has 1 aromatic heterocycles. The van der Waals surface area contributed by atoms with Crippen molar-refractivity contribution < 1.29 is 14.3 Å². The van der Waals surface area contributed by atoms with E-state index in [0.717, 1.165) is 0 Å². The van der Waals surface area contributed by atoms with Gasteiger partial charge in [-0.25, -0.2) is 4.98 Å². The van der Waals surface area contributed by atoms with E-state index < -0.39 is 0 Å². The average molecular weight is 305 g/mol. The predicted molar refractivity (Wildman–Crippen MR) is 80.0 cm³/mol. The Morgan fingerprint density at radius 3 is 2.76 bits per heavy atom. The largest absolute Gasteiger partial charge is 0.466 e. The van der Waals surface area contributed by atoms with Gasteiger partial charge in [-0.3, -0.25) is 20.4 Å². The van der Waals surface area contributed by atoms with Crippen LogP contribution in [0.3, 0.4) is 0 Å². The van der Waals surface area contributed by atoms with Gasteiger partial charge in [-0.1, -0.05) is 18.2 Å². The first-order chi connectivity index (χ1) is 10.2. The van der Waals surface area contributed by atoms with Crippen molar-refractivity contribution in [3.05, 3.63) is 47.0 Å². The first-order valence-electron chi connectivity index (χ1n) is 6.40. The Bertz CT molecular complexity index is 613. The highest BCUT2D eigenvalue weighted by Crippen LogP contribution is 2.15. The summed E-state index contributed by atoms with van der Waals surface area (Å²) in [7, 11) is 0. The van der Waals surface area contributed by atoms with Crippen LogP contribution in [0.25, 0.3) is 0 Å². The fourth-order valence-corrected chi connectivity index (χ4v) is 2.24. The van der Waals surface area contributed by atoms with Crippen molar-refractivity contribution in [1.82, 2.24) is 10.4 Å². The SMILES string of the molecule is CCOC(=O)Cc1csc(NNC(=O)c2ccccc2)n1. The number of aromatic nitrogens is 1. The van der Waals surface area contributed by atoms with Crippen molar-refractivity contribution in [2.24, 2.45) is 0 Å². The lowest BCUT2D eigenvalue weighted by Crippen LogP contribution is -2.29. The van der Waals surface area contributed by atoms with E-state index >= 15 is 0 Å². The van der Waals surface area contributed by atoms with Crippen molar-refractivity contribution in [2.75, 3.05) is 12.0 Å². The van der Waals surface area contributed by atoms with Crippen LogP contribution in [0.5, 0.6) is 0 Å². The van der Waals surface area contributed by atoms with Crippen LogP contribution < -0.4 is 10.9 Å². The molecular weight excluding hydrogens is 290 g/mol. The molecule has 0 saturated carbocycles. The smallest absolute Gasteiger partial charge is 0.311 e. The maximum atomic E-state index is 11.8. The molecule has 1 amide bonds. The normalized spacial score (nSPS) is 9.95. The van der Waals surface area contributed by atoms with Crippen molar-refractivity contribution >= 4 is 28.3 Å². The number of ether oxygens (including phenoxy) is 1. The Hall–Kier alpha value is -2.41. The maximum Gasteiger partial charge on any atom is 0.311 e. The molecule has 0 atom stereocenters. The minimum atomic E-state index is -0.317. The molecule has 0 radical (unpaired) electrons. The number of hydrogen-bond acceptors (Lipinski definition) is 6. The number of hydrazine groups is 1. The predicted octanol–water partition coefficient (Wildman–Crippen LogP) is 2.01. The zero-order valence-corrected chi connectivity index (χ0v) is 12.3. The highest BCUT2D eigenvalue weighted by atomic mass is 32.1. The van der Waals surface area contributed by atoms with Crippen LogP contribution >= 0.6 is 11.3 Å². The molecule has 7 heteroatoms. The second-order valence-electron chi connectivity index (χ2n) is 4.07. The minimum absolute atomic E-state index is 0.124. The highest BCUT2D eigenvalue weighted by molar-refractivity contribution is 7.13. The Morgan fingerprint density at radius 2 is 2.05 bits per heavy atom. The summed E-state index contributed by atoms with van der Waals surface area (Å²) in [6.07, 6.45) is 0.124. The van der Waals surface area contributed by atoms with Gasteiger partial charge in [-0.05, 0) is 19.1 Å². The second kappa shape index (κ2) is 7.39. The van der Waals surface area contributed by atoms with E-state index in [1.165, 1.54) is 11.3 Å². The van der Waals surface area contributed by atoms with Crippen LogP contribution in [0.4, 0.5) is 5.13 Å². The molecule has 1 aromatic carbocycles. The number of benzene rings is 1. The summed E-state index contributed by atoms with van der Waals surface area (Å²) in [4.78, 5) is 27.3. The quantitative estimate of drug-likeness (QED) is 0.630. The number of nitrogens with one attached hydrogen (secondary N) is 2. The van der Waals surface area contributed by atoms with Crippen LogP contribution in [0.15, 0.2) is 35.7 Å². The van der Waals surface area contributed by atoms with Gasteiger partial charge in [-0.2, -0.15) is 0 Å². The summed E-state index contributed by atoms with van der Waals surface area (Å²) in [6, 6.07) is 8.84. The number of carbonyl (C=O) groups is 2. The van der Waals surface area contributed by atoms with E-state index in [-0.39, 0.29) is 18.3 Å². The molecule has 0 spiro atoms. The third-order valence-corrected chi connectivity index (χ3v) is 3.31. The number of rotatable bonds is 6. The summed E-state index contributed by atoms with van der Waals surface area (Å²) < 4.78 is 4.85. The molecule has 1 heterocycles. The Kier molecular flexibility index (Phi) is 5.28. The number of amides is 1. The number of hydrogen-bond donors (Lipinski definition) is 2. The lowest BCUT2D eigenvalue weighted by molar-refractivity contribution is -0.142. The number of anilines is 1. The number of nitrogens with zero attached hydrogens (tertiary/aromatic N) is 1. The summed E-state index contributed by atoms with van der Waals surface area (Å²) in [5.74, 6) is -0.569. The van der Waals surface area contributed by atoms with E-state index in [9.17, 15) is 9.59 Å². The first-order valence-corrected chi connectivity index (χ1v) is 7.28. The van der Waals surface area contributed by atoms with E-state index in [2.05, 4.69) is 15.8 Å². The molecule has 2 rings (SSSR count). The fraction of sp³-hybridized carbons (Fsp3) is 0.214. The zero-order chi connectivity index (χ0) is 15.1. The molecule has 6 nitrogen and oxygen atoms in total. The molecule has 2 aromatic rings. The maximum absolute atomic E-state index is 11.8. The highest BCUT2D eigenvalue weighted by Gasteiger charge is 2.09. The van der Waals surface area contributed by atoms with Gasteiger partial charge in [0.2, 0.25) is 5.13 Å². The van der Waals surface area contributed by atoms with E-state index in [1.807, 2.05) is 6.07 Å². The molecule has 110 valence electrons. The van der Waals surface area contributed by atoms with Gasteiger partial charge in [0.25, 0.3) is 5.91 Å². The van der Waals surface area contributed by atoms with Gasteiger partial charge >= 0.3 is 5.97 Å². The van der Waals surface area contributed by atoms with Gasteiger partial charge in [0, 0.05) is 10.9 Å². The van der Waals surface area contributed by atoms with Crippen molar-refractivity contribution in [1.29, 1.82) is 0 Å². The van der Waals surface area contributed by atoms with Crippen LogP contribution in [-0.4, -0.2) is 23.5 Å². The van der Waals surface area contributed by atoms with E-state index in [0.29, 0.717) is 23.0 Å². The topological polar surface area (TPSA) is 80.3 Å². The molecule has 0 fully saturated rings. The van der Waals surface area contributed by atoms with Gasteiger partial charge in [0.1, 0.15) is 0 Å². The number of thiazole rings is 1. The summed E-state index contributed by atoms with van der Waals surface area (Å²) in [6.45, 7) is 2.10. The van der Waals surface area contributed by atoms with Crippen molar-refractivity contribution in [2.45, 2.75) is 13.3 Å². The average Bonchev–Trinajstić information content (AvgIpc) is 2.93. The third kappa shape index (κ3) is 4.57. The molecule has 0 aliphatic heterocycles.